The third-order valence-corrected chi connectivity index (χ3v) is 5.26. The maximum atomic E-state index is 12.1. The van der Waals surface area contributed by atoms with Crippen molar-refractivity contribution in [1.29, 1.82) is 0 Å². The van der Waals surface area contributed by atoms with Crippen LogP contribution in [0.25, 0.3) is 0 Å². The van der Waals surface area contributed by atoms with Gasteiger partial charge in [-0.2, -0.15) is 0 Å². The number of hydrogen-bond donors (Lipinski definition) is 1. The third-order valence-electron chi connectivity index (χ3n) is 2.96. The van der Waals surface area contributed by atoms with Gasteiger partial charge in [0.05, 0.1) is 5.75 Å². The summed E-state index contributed by atoms with van der Waals surface area (Å²) >= 11 is 0. The Morgan fingerprint density at radius 3 is 2.06 bits per heavy atom. The van der Waals surface area contributed by atoms with Crippen LogP contribution in [0.1, 0.15) is 39.5 Å². The molecule has 0 spiro atoms. The summed E-state index contributed by atoms with van der Waals surface area (Å²) < 4.78 is 25.9. The molecule has 1 N–H and O–H groups in total. The Morgan fingerprint density at radius 2 is 1.62 bits per heavy atom. The minimum Gasteiger partial charge on any atom is -0.396 e. The average Bonchev–Trinajstić information content (AvgIpc) is 2.44. The lowest BCUT2D eigenvalue weighted by molar-refractivity contribution is 0.177. The van der Waals surface area contributed by atoms with Crippen LogP contribution in [0.4, 0.5) is 0 Å². The molecule has 1 aliphatic heterocycles. The van der Waals surface area contributed by atoms with Crippen molar-refractivity contribution in [3.05, 3.63) is 0 Å². The van der Waals surface area contributed by atoms with Gasteiger partial charge in [0.25, 0.3) is 0 Å². The van der Waals surface area contributed by atoms with Gasteiger partial charge in [-0.3, -0.25) is 0 Å². The van der Waals surface area contributed by atoms with Gasteiger partial charge >= 0.3 is 0 Å². The zero-order valence-corrected chi connectivity index (χ0v) is 11.1. The Labute approximate surface area is 98.7 Å². The molecule has 1 aliphatic rings. The zero-order valence-electron chi connectivity index (χ0n) is 10.3. The van der Waals surface area contributed by atoms with E-state index in [0.717, 1.165) is 25.7 Å². The van der Waals surface area contributed by atoms with Gasteiger partial charge in [-0.25, -0.2) is 12.7 Å². The van der Waals surface area contributed by atoms with E-state index in [2.05, 4.69) is 0 Å². The van der Waals surface area contributed by atoms with Crippen LogP contribution in [0.3, 0.4) is 0 Å². The minimum atomic E-state index is -3.20. The third kappa shape index (κ3) is 4.03. The molecule has 5 heteroatoms. The molecule has 1 fully saturated rings. The van der Waals surface area contributed by atoms with E-state index in [-0.39, 0.29) is 12.4 Å². The lowest BCUT2D eigenvalue weighted by atomic mass is 9.98. The average molecular weight is 249 g/mol. The molecule has 0 radical (unpaired) electrons. The fraction of sp³-hybridized carbons (Fsp3) is 1.00. The summed E-state index contributed by atoms with van der Waals surface area (Å²) in [4.78, 5) is 0. The van der Waals surface area contributed by atoms with E-state index >= 15 is 0 Å². The molecule has 0 saturated carbocycles. The monoisotopic (exact) mass is 249 g/mol. The van der Waals surface area contributed by atoms with E-state index in [4.69, 9.17) is 5.11 Å². The van der Waals surface area contributed by atoms with Gasteiger partial charge in [-0.1, -0.05) is 26.7 Å². The Balaban J connectivity index is 2.68. The summed E-state index contributed by atoms with van der Waals surface area (Å²) in [6, 6.07) is 0. The van der Waals surface area contributed by atoms with Crippen molar-refractivity contribution in [3.8, 4) is 0 Å². The lowest BCUT2D eigenvalue weighted by Crippen LogP contribution is -2.39. The van der Waals surface area contributed by atoms with E-state index in [9.17, 15) is 8.42 Å². The molecule has 0 atom stereocenters. The topological polar surface area (TPSA) is 57.6 Å². The van der Waals surface area contributed by atoms with Crippen LogP contribution >= 0.6 is 0 Å². The first-order valence-corrected chi connectivity index (χ1v) is 7.57. The summed E-state index contributed by atoms with van der Waals surface area (Å²) in [5.74, 6) is 0.0382. The van der Waals surface area contributed by atoms with Crippen molar-refractivity contribution in [1.82, 2.24) is 4.31 Å². The molecule has 0 aromatic rings. The van der Waals surface area contributed by atoms with Gasteiger partial charge in [0.15, 0.2) is 0 Å². The highest BCUT2D eigenvalue weighted by Crippen LogP contribution is 2.21. The first-order valence-electron chi connectivity index (χ1n) is 5.96. The minimum absolute atomic E-state index is 0.0382. The van der Waals surface area contributed by atoms with Crippen molar-refractivity contribution in [3.63, 3.8) is 0 Å². The molecular weight excluding hydrogens is 226 g/mol. The molecule has 0 aliphatic carbocycles. The SMILES string of the molecule is CC(C)(CO)CS(=O)(=O)N1CCCCCC1. The molecule has 1 heterocycles. The molecule has 16 heavy (non-hydrogen) atoms. The van der Waals surface area contributed by atoms with Crippen LogP contribution in [-0.4, -0.2) is 43.3 Å². The normalized spacial score (nSPS) is 20.7. The van der Waals surface area contributed by atoms with Gasteiger partial charge in [-0.15, -0.1) is 0 Å². The molecule has 0 aromatic heterocycles. The van der Waals surface area contributed by atoms with Gasteiger partial charge < -0.3 is 5.11 Å². The highest BCUT2D eigenvalue weighted by Gasteiger charge is 2.30. The van der Waals surface area contributed by atoms with Crippen molar-refractivity contribution in [2.24, 2.45) is 5.41 Å². The number of sulfonamides is 1. The van der Waals surface area contributed by atoms with Crippen LogP contribution < -0.4 is 0 Å². The van der Waals surface area contributed by atoms with Gasteiger partial charge in [0, 0.05) is 25.1 Å². The second-order valence-electron chi connectivity index (χ2n) is 5.39. The summed E-state index contributed by atoms with van der Waals surface area (Å²) in [5.41, 5.74) is -0.550. The molecule has 0 unspecified atom stereocenters. The predicted molar refractivity (Wildman–Crippen MR) is 64.7 cm³/mol. The highest BCUT2D eigenvalue weighted by atomic mass is 32.2. The van der Waals surface area contributed by atoms with Crippen LogP contribution in [0, 0.1) is 5.41 Å². The predicted octanol–water partition coefficient (Wildman–Crippen LogP) is 1.21. The number of rotatable bonds is 4. The Kier molecular flexibility index (Phi) is 4.76. The van der Waals surface area contributed by atoms with Crippen LogP contribution in [-0.2, 0) is 10.0 Å². The first kappa shape index (κ1) is 13.9. The standard InChI is InChI=1S/C11H23NO3S/c1-11(2,9-13)10-16(14,15)12-7-5-3-4-6-8-12/h13H,3-10H2,1-2H3. The second-order valence-corrected chi connectivity index (χ2v) is 7.36. The first-order chi connectivity index (χ1) is 7.37. The summed E-state index contributed by atoms with van der Waals surface area (Å²) in [6.45, 7) is 4.75. The molecule has 0 bridgehead atoms. The van der Waals surface area contributed by atoms with Crippen molar-refractivity contribution in [2.45, 2.75) is 39.5 Å². The number of aliphatic hydroxyl groups excluding tert-OH is 1. The molecule has 0 aromatic carbocycles. The Bertz CT molecular complexity index is 303. The van der Waals surface area contributed by atoms with Crippen molar-refractivity contribution in [2.75, 3.05) is 25.4 Å². The quantitative estimate of drug-likeness (QED) is 0.815. The fourth-order valence-corrected chi connectivity index (χ4v) is 4.03. The Hall–Kier alpha value is -0.130. The van der Waals surface area contributed by atoms with E-state index in [1.807, 2.05) is 0 Å². The van der Waals surface area contributed by atoms with Gasteiger partial charge in [0.1, 0.15) is 0 Å². The largest absolute Gasteiger partial charge is 0.396 e. The van der Waals surface area contributed by atoms with E-state index in [0.29, 0.717) is 13.1 Å². The molecule has 0 amide bonds. The van der Waals surface area contributed by atoms with Crippen molar-refractivity contribution >= 4 is 10.0 Å². The van der Waals surface area contributed by atoms with Crippen LogP contribution in [0.15, 0.2) is 0 Å². The maximum Gasteiger partial charge on any atom is 0.214 e. The summed E-state index contributed by atoms with van der Waals surface area (Å²) in [5, 5.41) is 9.13. The van der Waals surface area contributed by atoms with Gasteiger partial charge in [-0.05, 0) is 12.8 Å². The fourth-order valence-electron chi connectivity index (χ4n) is 1.95. The van der Waals surface area contributed by atoms with E-state index in [1.54, 1.807) is 18.2 Å². The number of hydrogen-bond acceptors (Lipinski definition) is 3. The van der Waals surface area contributed by atoms with Crippen LogP contribution in [0.2, 0.25) is 0 Å². The van der Waals surface area contributed by atoms with E-state index < -0.39 is 15.4 Å². The van der Waals surface area contributed by atoms with Crippen molar-refractivity contribution < 1.29 is 13.5 Å². The van der Waals surface area contributed by atoms with E-state index in [1.165, 1.54) is 0 Å². The summed E-state index contributed by atoms with van der Waals surface area (Å²) in [7, 11) is -3.20. The molecular formula is C11H23NO3S. The highest BCUT2D eigenvalue weighted by molar-refractivity contribution is 7.89. The molecule has 4 nitrogen and oxygen atoms in total. The zero-order chi connectivity index (χ0) is 12.2. The summed E-state index contributed by atoms with van der Waals surface area (Å²) in [6.07, 6.45) is 4.16. The number of nitrogens with zero attached hydrogens (tertiary/aromatic N) is 1. The molecule has 1 rings (SSSR count). The Morgan fingerprint density at radius 1 is 1.12 bits per heavy atom. The maximum absolute atomic E-state index is 12.1. The second kappa shape index (κ2) is 5.47. The smallest absolute Gasteiger partial charge is 0.214 e. The van der Waals surface area contributed by atoms with Gasteiger partial charge in [0.2, 0.25) is 10.0 Å². The molecule has 96 valence electrons. The lowest BCUT2D eigenvalue weighted by Gasteiger charge is -2.26. The van der Waals surface area contributed by atoms with Crippen LogP contribution in [0.5, 0.6) is 0 Å². The number of aliphatic hydroxyl groups is 1. The molecule has 1 saturated heterocycles.